The Labute approximate surface area is 99.8 Å². The first-order chi connectivity index (χ1) is 7.67. The molecule has 0 atom stereocenters. The van der Waals surface area contributed by atoms with Crippen LogP contribution in [0.1, 0.15) is 32.0 Å². The summed E-state index contributed by atoms with van der Waals surface area (Å²) < 4.78 is 0. The minimum Gasteiger partial charge on any atom is -0.396 e. The van der Waals surface area contributed by atoms with Gasteiger partial charge in [0.05, 0.1) is 0 Å². The van der Waals surface area contributed by atoms with Crippen LogP contribution in [-0.4, -0.2) is 27.4 Å². The number of aliphatic hydroxyl groups is 1. The zero-order chi connectivity index (χ0) is 12.0. The first kappa shape index (κ1) is 13.2. The van der Waals surface area contributed by atoms with Gasteiger partial charge in [0.2, 0.25) is 0 Å². The van der Waals surface area contributed by atoms with Crippen LogP contribution >= 0.6 is 11.8 Å². The molecule has 0 amide bonds. The normalized spacial score (nSPS) is 10.8. The number of hydrogen-bond donors (Lipinski definition) is 3. The Bertz CT molecular complexity index is 333. The van der Waals surface area contributed by atoms with Crippen molar-refractivity contribution in [1.82, 2.24) is 9.97 Å². The molecular formula is C10H18N4OS. The fourth-order valence-corrected chi connectivity index (χ4v) is 1.93. The Morgan fingerprint density at radius 2 is 2.25 bits per heavy atom. The lowest BCUT2D eigenvalue weighted by Crippen LogP contribution is -2.11. The maximum atomic E-state index is 8.71. The number of thioether (sulfide) groups is 1. The molecule has 1 heterocycles. The maximum Gasteiger partial charge on any atom is 0.144 e. The Hall–Kier alpha value is -0.850. The zero-order valence-corrected chi connectivity index (χ0v) is 10.4. The fourth-order valence-electron chi connectivity index (χ4n) is 1.09. The molecule has 0 saturated carbocycles. The number of aliphatic hydroxyl groups excluding tert-OH is 1. The number of nitrogens with zero attached hydrogens (tertiary/aromatic N) is 2. The van der Waals surface area contributed by atoms with Gasteiger partial charge in [-0.05, 0) is 6.42 Å². The molecule has 1 rings (SSSR count). The van der Waals surface area contributed by atoms with E-state index in [-0.39, 0.29) is 12.5 Å². The highest BCUT2D eigenvalue weighted by Crippen LogP contribution is 2.21. The number of aromatic nitrogens is 2. The summed E-state index contributed by atoms with van der Waals surface area (Å²) >= 11 is 1.60. The molecule has 1 aromatic heterocycles. The van der Waals surface area contributed by atoms with E-state index in [0.29, 0.717) is 5.82 Å². The van der Waals surface area contributed by atoms with Gasteiger partial charge in [-0.1, -0.05) is 13.8 Å². The van der Waals surface area contributed by atoms with E-state index < -0.39 is 0 Å². The highest BCUT2D eigenvalue weighted by atomic mass is 32.2. The van der Waals surface area contributed by atoms with E-state index in [0.717, 1.165) is 23.0 Å². The van der Waals surface area contributed by atoms with Crippen molar-refractivity contribution < 1.29 is 5.11 Å². The second-order valence-electron chi connectivity index (χ2n) is 3.67. The molecule has 4 N–H and O–H groups in total. The number of hydrazine groups is 1. The first-order valence-electron chi connectivity index (χ1n) is 5.26. The Morgan fingerprint density at radius 1 is 1.50 bits per heavy atom. The third kappa shape index (κ3) is 3.96. The average molecular weight is 242 g/mol. The second kappa shape index (κ2) is 6.67. The molecule has 90 valence electrons. The molecule has 0 spiro atoms. The van der Waals surface area contributed by atoms with E-state index in [9.17, 15) is 0 Å². The summed E-state index contributed by atoms with van der Waals surface area (Å²) in [6, 6.07) is 1.81. The van der Waals surface area contributed by atoms with Crippen molar-refractivity contribution in [3.05, 3.63) is 11.9 Å². The molecular weight excluding hydrogens is 224 g/mol. The number of rotatable bonds is 6. The smallest absolute Gasteiger partial charge is 0.144 e. The monoisotopic (exact) mass is 242 g/mol. The van der Waals surface area contributed by atoms with Crippen LogP contribution in [0.15, 0.2) is 11.1 Å². The highest BCUT2D eigenvalue weighted by molar-refractivity contribution is 7.99. The van der Waals surface area contributed by atoms with Gasteiger partial charge >= 0.3 is 0 Å². The van der Waals surface area contributed by atoms with Gasteiger partial charge in [-0.2, -0.15) is 0 Å². The van der Waals surface area contributed by atoms with E-state index in [1.54, 1.807) is 11.8 Å². The molecule has 0 saturated heterocycles. The molecule has 5 nitrogen and oxygen atoms in total. The van der Waals surface area contributed by atoms with Crippen LogP contribution in [0.25, 0.3) is 0 Å². The van der Waals surface area contributed by atoms with Crippen LogP contribution in [0.3, 0.4) is 0 Å². The van der Waals surface area contributed by atoms with E-state index >= 15 is 0 Å². The van der Waals surface area contributed by atoms with Crippen molar-refractivity contribution in [2.75, 3.05) is 17.8 Å². The second-order valence-corrected chi connectivity index (χ2v) is 4.79. The summed E-state index contributed by atoms with van der Waals surface area (Å²) in [4.78, 5) is 8.70. The quantitative estimate of drug-likeness (QED) is 0.230. The SMILES string of the molecule is CC(C)c1nc(NN)cc(SCCCO)n1. The van der Waals surface area contributed by atoms with Crippen LogP contribution in [0.5, 0.6) is 0 Å². The summed E-state index contributed by atoms with van der Waals surface area (Å²) in [6.45, 7) is 4.28. The van der Waals surface area contributed by atoms with Crippen LogP contribution < -0.4 is 11.3 Å². The van der Waals surface area contributed by atoms with Crippen molar-refractivity contribution in [2.45, 2.75) is 31.2 Å². The van der Waals surface area contributed by atoms with Crippen molar-refractivity contribution in [2.24, 2.45) is 5.84 Å². The molecule has 6 heteroatoms. The summed E-state index contributed by atoms with van der Waals surface area (Å²) in [5.41, 5.74) is 2.54. The van der Waals surface area contributed by atoms with Gasteiger partial charge in [0, 0.05) is 24.3 Å². The Kier molecular flexibility index (Phi) is 5.51. The predicted octanol–water partition coefficient (Wildman–Crippen LogP) is 1.36. The molecule has 0 aliphatic carbocycles. The lowest BCUT2D eigenvalue weighted by Gasteiger charge is -2.09. The van der Waals surface area contributed by atoms with E-state index in [1.165, 1.54) is 0 Å². The van der Waals surface area contributed by atoms with Crippen LogP contribution in [0.4, 0.5) is 5.82 Å². The molecule has 0 fully saturated rings. The van der Waals surface area contributed by atoms with E-state index in [4.69, 9.17) is 10.9 Å². The largest absolute Gasteiger partial charge is 0.396 e. The maximum absolute atomic E-state index is 8.71. The van der Waals surface area contributed by atoms with Crippen molar-refractivity contribution >= 4 is 17.6 Å². The van der Waals surface area contributed by atoms with Gasteiger partial charge in [0.1, 0.15) is 16.7 Å². The van der Waals surface area contributed by atoms with Crippen molar-refractivity contribution in [3.63, 3.8) is 0 Å². The van der Waals surface area contributed by atoms with Crippen molar-refractivity contribution in [1.29, 1.82) is 0 Å². The van der Waals surface area contributed by atoms with Gasteiger partial charge in [0.25, 0.3) is 0 Å². The molecule has 0 aliphatic heterocycles. The summed E-state index contributed by atoms with van der Waals surface area (Å²) in [6.07, 6.45) is 0.761. The average Bonchev–Trinajstić information content (AvgIpc) is 2.29. The molecule has 1 aromatic rings. The zero-order valence-electron chi connectivity index (χ0n) is 9.60. The molecule has 0 aliphatic rings. The molecule has 16 heavy (non-hydrogen) atoms. The van der Waals surface area contributed by atoms with Crippen LogP contribution in [0.2, 0.25) is 0 Å². The number of nitrogen functional groups attached to an aromatic ring is 1. The van der Waals surface area contributed by atoms with Crippen molar-refractivity contribution in [3.8, 4) is 0 Å². The predicted molar refractivity (Wildman–Crippen MR) is 66.4 cm³/mol. The minimum atomic E-state index is 0.205. The van der Waals surface area contributed by atoms with Crippen LogP contribution in [0, 0.1) is 0 Å². The van der Waals surface area contributed by atoms with Gasteiger partial charge in [-0.3, -0.25) is 0 Å². The standard InChI is InChI=1S/C10H18N4OS/c1-7(2)10-12-8(14-11)6-9(13-10)16-5-3-4-15/h6-7,15H,3-5,11H2,1-2H3,(H,12,13,14). The third-order valence-corrected chi connectivity index (χ3v) is 2.93. The van der Waals surface area contributed by atoms with E-state index in [1.807, 2.05) is 19.9 Å². The summed E-state index contributed by atoms with van der Waals surface area (Å²) in [7, 11) is 0. The van der Waals surface area contributed by atoms with Crippen LogP contribution in [-0.2, 0) is 0 Å². The first-order valence-corrected chi connectivity index (χ1v) is 6.25. The molecule has 0 aromatic carbocycles. The fraction of sp³-hybridized carbons (Fsp3) is 0.600. The number of anilines is 1. The third-order valence-electron chi connectivity index (χ3n) is 1.94. The number of nitrogens with one attached hydrogen (secondary N) is 1. The topological polar surface area (TPSA) is 84.1 Å². The number of hydrogen-bond acceptors (Lipinski definition) is 6. The Balaban J connectivity index is 2.78. The molecule has 0 bridgehead atoms. The Morgan fingerprint density at radius 3 is 2.81 bits per heavy atom. The van der Waals surface area contributed by atoms with Gasteiger partial charge < -0.3 is 10.5 Å². The summed E-state index contributed by atoms with van der Waals surface area (Å²) in [5.74, 6) is 7.87. The lowest BCUT2D eigenvalue weighted by atomic mass is 10.2. The van der Waals surface area contributed by atoms with Gasteiger partial charge in [0.15, 0.2) is 0 Å². The lowest BCUT2D eigenvalue weighted by molar-refractivity contribution is 0.296. The highest BCUT2D eigenvalue weighted by Gasteiger charge is 2.07. The van der Waals surface area contributed by atoms with E-state index in [2.05, 4.69) is 15.4 Å². The molecule has 0 radical (unpaired) electrons. The minimum absolute atomic E-state index is 0.205. The molecule has 0 unspecified atom stereocenters. The number of nitrogens with two attached hydrogens (primary N) is 1. The van der Waals surface area contributed by atoms with Gasteiger partial charge in [-0.15, -0.1) is 11.8 Å². The summed E-state index contributed by atoms with van der Waals surface area (Å²) in [5, 5.41) is 9.60. The van der Waals surface area contributed by atoms with Gasteiger partial charge in [-0.25, -0.2) is 15.8 Å².